The van der Waals surface area contributed by atoms with Crippen LogP contribution in [0.25, 0.3) is 5.69 Å². The summed E-state index contributed by atoms with van der Waals surface area (Å²) in [7, 11) is 0. The zero-order chi connectivity index (χ0) is 10.8. The number of rotatable bonds is 2. The average molecular weight is 203 g/mol. The highest BCUT2D eigenvalue weighted by atomic mass is 16.3. The average Bonchev–Trinajstić information content (AvgIpc) is 2.60. The molecule has 0 fully saturated rings. The molecule has 0 amide bonds. The van der Waals surface area contributed by atoms with Crippen LogP contribution in [0.1, 0.15) is 0 Å². The first-order valence-corrected chi connectivity index (χ1v) is 4.30. The topological polar surface area (TPSA) is 81.6 Å². The number of aromatic hydroxyl groups is 2. The van der Waals surface area contributed by atoms with Crippen molar-refractivity contribution in [3.8, 4) is 17.3 Å². The molecule has 0 spiro atoms. The molecule has 0 aliphatic heterocycles. The van der Waals surface area contributed by atoms with E-state index < -0.39 is 0 Å². The molecule has 5 heteroatoms. The van der Waals surface area contributed by atoms with Crippen LogP contribution in [0.2, 0.25) is 0 Å². The summed E-state index contributed by atoms with van der Waals surface area (Å²) in [6, 6.07) is 9.44. The maximum absolute atomic E-state index is 9.59. The Bertz CT molecular complexity index is 505. The van der Waals surface area contributed by atoms with E-state index in [0.717, 1.165) is 0 Å². The van der Waals surface area contributed by atoms with Gasteiger partial charge in [0.2, 0.25) is 0 Å². The minimum Gasteiger partial charge on any atom is -0.506 e. The van der Waals surface area contributed by atoms with E-state index in [4.69, 9.17) is 5.53 Å². The SMILES string of the molecule is N=Nc1ccc(O)n1-c1ccccc1O. The predicted octanol–water partition coefficient (Wildman–Crippen LogP) is 2.55. The van der Waals surface area contributed by atoms with Crippen LogP contribution in [0.15, 0.2) is 41.5 Å². The molecule has 0 aliphatic rings. The van der Waals surface area contributed by atoms with Crippen LogP contribution >= 0.6 is 0 Å². The van der Waals surface area contributed by atoms with Gasteiger partial charge >= 0.3 is 0 Å². The first-order valence-electron chi connectivity index (χ1n) is 4.30. The molecule has 0 saturated heterocycles. The summed E-state index contributed by atoms with van der Waals surface area (Å²) < 4.78 is 1.29. The van der Waals surface area contributed by atoms with Crippen molar-refractivity contribution in [1.29, 1.82) is 5.53 Å². The number of nitrogens with zero attached hydrogens (tertiary/aromatic N) is 2. The Morgan fingerprint density at radius 2 is 1.80 bits per heavy atom. The fourth-order valence-corrected chi connectivity index (χ4v) is 1.40. The van der Waals surface area contributed by atoms with E-state index in [1.165, 1.54) is 22.8 Å². The lowest BCUT2D eigenvalue weighted by Crippen LogP contribution is -1.92. The molecule has 0 unspecified atom stereocenters. The quantitative estimate of drug-likeness (QED) is 0.655. The van der Waals surface area contributed by atoms with Gasteiger partial charge in [-0.05, 0) is 18.2 Å². The number of hydrogen-bond donors (Lipinski definition) is 3. The van der Waals surface area contributed by atoms with E-state index in [0.29, 0.717) is 5.69 Å². The van der Waals surface area contributed by atoms with Crippen molar-refractivity contribution in [1.82, 2.24) is 4.57 Å². The number of hydrogen-bond acceptors (Lipinski definition) is 4. The Labute approximate surface area is 85.7 Å². The van der Waals surface area contributed by atoms with Gasteiger partial charge in [0.05, 0.1) is 5.69 Å². The van der Waals surface area contributed by atoms with E-state index >= 15 is 0 Å². The second-order valence-electron chi connectivity index (χ2n) is 2.99. The Hall–Kier alpha value is -2.30. The minimum atomic E-state index is -0.0671. The Morgan fingerprint density at radius 3 is 2.47 bits per heavy atom. The van der Waals surface area contributed by atoms with Crippen molar-refractivity contribution >= 4 is 5.82 Å². The zero-order valence-corrected chi connectivity index (χ0v) is 7.75. The number of phenolic OH excluding ortho intramolecular Hbond substituents is 1. The minimum absolute atomic E-state index is 0.0221. The van der Waals surface area contributed by atoms with Gasteiger partial charge in [0.25, 0.3) is 0 Å². The number of para-hydroxylation sites is 2. The first-order chi connectivity index (χ1) is 7.24. The van der Waals surface area contributed by atoms with E-state index in [2.05, 4.69) is 5.11 Å². The van der Waals surface area contributed by atoms with E-state index in [1.807, 2.05) is 0 Å². The monoisotopic (exact) mass is 203 g/mol. The summed E-state index contributed by atoms with van der Waals surface area (Å²) >= 11 is 0. The van der Waals surface area contributed by atoms with Crippen LogP contribution in [0.4, 0.5) is 5.82 Å². The van der Waals surface area contributed by atoms with Crippen molar-refractivity contribution in [2.24, 2.45) is 5.11 Å². The van der Waals surface area contributed by atoms with Gasteiger partial charge in [-0.15, -0.1) is 5.11 Å². The normalized spacial score (nSPS) is 10.1. The van der Waals surface area contributed by atoms with Crippen molar-refractivity contribution in [3.05, 3.63) is 36.4 Å². The third-order valence-corrected chi connectivity index (χ3v) is 2.08. The molecule has 2 aromatic rings. The second-order valence-corrected chi connectivity index (χ2v) is 2.99. The summed E-state index contributed by atoms with van der Waals surface area (Å²) in [5, 5.41) is 22.4. The van der Waals surface area contributed by atoms with Gasteiger partial charge in [0.15, 0.2) is 11.7 Å². The molecule has 76 valence electrons. The second kappa shape index (κ2) is 3.45. The van der Waals surface area contributed by atoms with Crippen LogP contribution in [0.3, 0.4) is 0 Å². The van der Waals surface area contributed by atoms with Crippen LogP contribution in [0.5, 0.6) is 11.6 Å². The third kappa shape index (κ3) is 1.43. The summed E-state index contributed by atoms with van der Waals surface area (Å²) in [5.41, 5.74) is 7.32. The Kier molecular flexibility index (Phi) is 2.13. The highest BCUT2D eigenvalue weighted by molar-refractivity contribution is 5.54. The number of phenols is 1. The van der Waals surface area contributed by atoms with Gasteiger partial charge in [-0.2, -0.15) is 0 Å². The molecule has 0 radical (unpaired) electrons. The van der Waals surface area contributed by atoms with Gasteiger partial charge < -0.3 is 10.2 Å². The highest BCUT2D eigenvalue weighted by Gasteiger charge is 2.11. The van der Waals surface area contributed by atoms with Gasteiger partial charge in [-0.3, -0.25) is 4.57 Å². The van der Waals surface area contributed by atoms with Crippen LogP contribution < -0.4 is 0 Å². The molecule has 15 heavy (non-hydrogen) atoms. The van der Waals surface area contributed by atoms with Gasteiger partial charge in [0.1, 0.15) is 5.75 Å². The molecule has 1 aromatic heterocycles. The van der Waals surface area contributed by atoms with Gasteiger partial charge in [0, 0.05) is 6.07 Å². The van der Waals surface area contributed by atoms with Crippen LogP contribution in [-0.2, 0) is 0 Å². The van der Waals surface area contributed by atoms with Crippen molar-refractivity contribution in [2.75, 3.05) is 0 Å². The first kappa shape index (κ1) is 9.26. The lowest BCUT2D eigenvalue weighted by molar-refractivity contribution is 0.434. The number of aromatic nitrogens is 1. The zero-order valence-electron chi connectivity index (χ0n) is 7.75. The van der Waals surface area contributed by atoms with Crippen molar-refractivity contribution < 1.29 is 10.2 Å². The van der Waals surface area contributed by atoms with E-state index in [-0.39, 0.29) is 17.4 Å². The summed E-state index contributed by atoms with van der Waals surface area (Å²) in [6.07, 6.45) is 0. The predicted molar refractivity (Wildman–Crippen MR) is 53.9 cm³/mol. The fourth-order valence-electron chi connectivity index (χ4n) is 1.40. The molecule has 2 rings (SSSR count). The molecular formula is C10H9N3O2. The van der Waals surface area contributed by atoms with Crippen molar-refractivity contribution in [3.63, 3.8) is 0 Å². The summed E-state index contributed by atoms with van der Waals surface area (Å²) in [4.78, 5) is 0. The lowest BCUT2D eigenvalue weighted by atomic mass is 10.3. The molecule has 0 atom stereocenters. The standard InChI is InChI=1S/C10H9N3O2/c11-12-9-5-6-10(15)13(9)7-3-1-2-4-8(7)14/h1-6,11,14-15H. The number of nitrogens with one attached hydrogen (secondary N) is 1. The Balaban J connectivity index is 2.68. The molecule has 3 N–H and O–H groups in total. The third-order valence-electron chi connectivity index (χ3n) is 2.08. The molecule has 0 bridgehead atoms. The van der Waals surface area contributed by atoms with E-state index in [9.17, 15) is 10.2 Å². The molecule has 0 aliphatic carbocycles. The van der Waals surface area contributed by atoms with Gasteiger partial charge in [-0.1, -0.05) is 12.1 Å². The maximum Gasteiger partial charge on any atom is 0.197 e. The molecular weight excluding hydrogens is 194 g/mol. The molecule has 1 heterocycles. The summed E-state index contributed by atoms with van der Waals surface area (Å²) in [5.74, 6) is 0.213. The highest BCUT2D eigenvalue weighted by Crippen LogP contribution is 2.32. The maximum atomic E-state index is 9.59. The summed E-state index contributed by atoms with van der Waals surface area (Å²) in [6.45, 7) is 0. The molecule has 1 aromatic carbocycles. The lowest BCUT2D eigenvalue weighted by Gasteiger charge is -2.08. The molecule has 0 saturated carbocycles. The number of benzene rings is 1. The Morgan fingerprint density at radius 1 is 1.07 bits per heavy atom. The van der Waals surface area contributed by atoms with Gasteiger partial charge in [-0.25, -0.2) is 5.53 Å². The fraction of sp³-hybridized carbons (Fsp3) is 0. The van der Waals surface area contributed by atoms with E-state index in [1.54, 1.807) is 18.2 Å². The van der Waals surface area contributed by atoms with Crippen molar-refractivity contribution in [2.45, 2.75) is 0 Å². The largest absolute Gasteiger partial charge is 0.506 e. The van der Waals surface area contributed by atoms with Crippen LogP contribution in [-0.4, -0.2) is 14.8 Å². The molecule has 5 nitrogen and oxygen atoms in total. The van der Waals surface area contributed by atoms with Crippen LogP contribution in [0, 0.1) is 5.53 Å². The smallest absolute Gasteiger partial charge is 0.197 e.